The van der Waals surface area contributed by atoms with Gasteiger partial charge >= 0.3 is 0 Å². The molecule has 0 aliphatic carbocycles. The van der Waals surface area contributed by atoms with Gasteiger partial charge in [0, 0.05) is 18.0 Å². The second kappa shape index (κ2) is 3.74. The van der Waals surface area contributed by atoms with E-state index in [0.717, 1.165) is 16.9 Å². The maximum Gasteiger partial charge on any atom is 0.137 e. The smallest absolute Gasteiger partial charge is 0.137 e. The first-order chi connectivity index (χ1) is 8.24. The molecule has 0 aliphatic rings. The molecule has 3 aromatic rings. The molecule has 0 atom stereocenters. The first kappa shape index (κ1) is 10.1. The topological polar surface area (TPSA) is 17.3 Å². The largest absolute Gasteiger partial charge is 0.306 e. The summed E-state index contributed by atoms with van der Waals surface area (Å²) in [5.74, 6) is 0. The van der Waals surface area contributed by atoms with Gasteiger partial charge in [-0.25, -0.2) is 4.98 Å². The lowest BCUT2D eigenvalue weighted by Gasteiger charge is -1.99. The molecule has 0 saturated carbocycles. The van der Waals surface area contributed by atoms with Gasteiger partial charge in [-0.05, 0) is 31.0 Å². The molecular weight excluding hydrogens is 208 g/mol. The first-order valence-electron chi connectivity index (χ1n) is 5.75. The Balaban J connectivity index is 2.21. The molecule has 0 aliphatic heterocycles. The molecule has 2 aromatic heterocycles. The van der Waals surface area contributed by atoms with Gasteiger partial charge in [-0.3, -0.25) is 0 Å². The number of hydrogen-bond donors (Lipinski definition) is 0. The Labute approximate surface area is 101 Å². The summed E-state index contributed by atoms with van der Waals surface area (Å²) in [6, 6.07) is 12.4. The summed E-state index contributed by atoms with van der Waals surface area (Å²) in [4.78, 5) is 4.65. The van der Waals surface area contributed by atoms with Gasteiger partial charge in [0.1, 0.15) is 5.65 Å². The van der Waals surface area contributed by atoms with Crippen LogP contribution in [-0.4, -0.2) is 9.38 Å². The van der Waals surface area contributed by atoms with Crippen LogP contribution in [0, 0.1) is 13.8 Å². The van der Waals surface area contributed by atoms with E-state index < -0.39 is 0 Å². The third-order valence-corrected chi connectivity index (χ3v) is 3.13. The summed E-state index contributed by atoms with van der Waals surface area (Å²) in [5, 5.41) is 0. The van der Waals surface area contributed by atoms with E-state index in [1.54, 1.807) is 0 Å². The molecule has 3 rings (SSSR count). The summed E-state index contributed by atoms with van der Waals surface area (Å²) in [7, 11) is 0. The SMILES string of the molecule is Cc1cc2nc(-c3ccccc3)cn2cc1C. The summed E-state index contributed by atoms with van der Waals surface area (Å²) >= 11 is 0. The monoisotopic (exact) mass is 222 g/mol. The van der Waals surface area contributed by atoms with Crippen molar-refractivity contribution < 1.29 is 0 Å². The van der Waals surface area contributed by atoms with E-state index in [0.29, 0.717) is 0 Å². The minimum absolute atomic E-state index is 1.01. The minimum atomic E-state index is 1.01. The van der Waals surface area contributed by atoms with Crippen LogP contribution < -0.4 is 0 Å². The molecule has 0 bridgehead atoms. The number of nitrogens with zero attached hydrogens (tertiary/aromatic N) is 2. The molecule has 84 valence electrons. The van der Waals surface area contributed by atoms with Crippen LogP contribution in [0.5, 0.6) is 0 Å². The second-order valence-corrected chi connectivity index (χ2v) is 4.40. The molecule has 17 heavy (non-hydrogen) atoms. The Kier molecular flexibility index (Phi) is 2.22. The maximum atomic E-state index is 4.65. The van der Waals surface area contributed by atoms with Gasteiger partial charge in [0.2, 0.25) is 0 Å². The van der Waals surface area contributed by atoms with Crippen molar-refractivity contribution in [2.45, 2.75) is 13.8 Å². The van der Waals surface area contributed by atoms with Gasteiger partial charge in [-0.1, -0.05) is 30.3 Å². The normalized spacial score (nSPS) is 10.9. The van der Waals surface area contributed by atoms with Crippen molar-refractivity contribution in [1.82, 2.24) is 9.38 Å². The molecule has 0 N–H and O–H groups in total. The number of aromatic nitrogens is 2. The van der Waals surface area contributed by atoms with Crippen LogP contribution in [0.3, 0.4) is 0 Å². The Hall–Kier alpha value is -2.09. The molecular formula is C15H14N2. The van der Waals surface area contributed by atoms with Crippen molar-refractivity contribution in [2.75, 3.05) is 0 Å². The zero-order valence-electron chi connectivity index (χ0n) is 10.0. The molecule has 2 heteroatoms. The number of benzene rings is 1. The summed E-state index contributed by atoms with van der Waals surface area (Å²) in [5.41, 5.74) is 5.76. The quantitative estimate of drug-likeness (QED) is 0.614. The van der Waals surface area contributed by atoms with Crippen LogP contribution in [-0.2, 0) is 0 Å². The van der Waals surface area contributed by atoms with Gasteiger partial charge in [0.25, 0.3) is 0 Å². The number of pyridine rings is 1. The van der Waals surface area contributed by atoms with Crippen molar-refractivity contribution in [3.05, 3.63) is 59.9 Å². The van der Waals surface area contributed by atoms with E-state index in [9.17, 15) is 0 Å². The van der Waals surface area contributed by atoms with E-state index in [2.05, 4.69) is 53.8 Å². The average Bonchev–Trinajstić information content (AvgIpc) is 2.74. The van der Waals surface area contributed by atoms with Gasteiger partial charge < -0.3 is 4.40 Å². The molecule has 0 amide bonds. The molecule has 2 heterocycles. The highest BCUT2D eigenvalue weighted by atomic mass is 15.0. The van der Waals surface area contributed by atoms with Crippen LogP contribution in [0.15, 0.2) is 48.8 Å². The fourth-order valence-electron chi connectivity index (χ4n) is 1.98. The van der Waals surface area contributed by atoms with E-state index in [-0.39, 0.29) is 0 Å². The van der Waals surface area contributed by atoms with Crippen LogP contribution in [0.4, 0.5) is 0 Å². The zero-order valence-corrected chi connectivity index (χ0v) is 10.0. The number of fused-ring (bicyclic) bond motifs is 1. The highest BCUT2D eigenvalue weighted by Crippen LogP contribution is 2.20. The molecule has 0 radical (unpaired) electrons. The molecule has 0 saturated heterocycles. The Morgan fingerprint density at radius 3 is 2.47 bits per heavy atom. The van der Waals surface area contributed by atoms with Crippen molar-refractivity contribution in [2.24, 2.45) is 0 Å². The molecule has 2 nitrogen and oxygen atoms in total. The number of aryl methyl sites for hydroxylation is 2. The van der Waals surface area contributed by atoms with Crippen molar-refractivity contribution in [3.8, 4) is 11.3 Å². The predicted octanol–water partition coefficient (Wildman–Crippen LogP) is 3.62. The van der Waals surface area contributed by atoms with Crippen LogP contribution in [0.25, 0.3) is 16.9 Å². The van der Waals surface area contributed by atoms with Crippen molar-refractivity contribution in [3.63, 3.8) is 0 Å². The average molecular weight is 222 g/mol. The zero-order chi connectivity index (χ0) is 11.8. The first-order valence-corrected chi connectivity index (χ1v) is 5.75. The summed E-state index contributed by atoms with van der Waals surface area (Å²) < 4.78 is 2.09. The summed E-state index contributed by atoms with van der Waals surface area (Å²) in [6.07, 6.45) is 4.21. The Bertz CT molecular complexity index is 627. The number of hydrogen-bond acceptors (Lipinski definition) is 1. The second-order valence-electron chi connectivity index (χ2n) is 4.40. The van der Waals surface area contributed by atoms with Gasteiger partial charge in [-0.15, -0.1) is 0 Å². The Morgan fingerprint density at radius 1 is 0.941 bits per heavy atom. The van der Waals surface area contributed by atoms with Gasteiger partial charge in [0.15, 0.2) is 0 Å². The molecule has 0 unspecified atom stereocenters. The Morgan fingerprint density at radius 2 is 1.71 bits per heavy atom. The molecule has 0 spiro atoms. The highest BCUT2D eigenvalue weighted by molar-refractivity contribution is 5.63. The standard InChI is InChI=1S/C15H14N2/c1-11-8-15-16-14(10-17(15)9-12(11)2)13-6-4-3-5-7-13/h3-10H,1-2H3. The lowest BCUT2D eigenvalue weighted by Crippen LogP contribution is -1.87. The predicted molar refractivity (Wildman–Crippen MR) is 70.1 cm³/mol. The molecule has 0 fully saturated rings. The summed E-state index contributed by atoms with van der Waals surface area (Å²) in [6.45, 7) is 4.24. The third-order valence-electron chi connectivity index (χ3n) is 3.13. The van der Waals surface area contributed by atoms with Gasteiger partial charge in [0.05, 0.1) is 5.69 Å². The van der Waals surface area contributed by atoms with E-state index >= 15 is 0 Å². The lowest BCUT2D eigenvalue weighted by molar-refractivity contribution is 1.13. The maximum absolute atomic E-state index is 4.65. The van der Waals surface area contributed by atoms with Crippen LogP contribution in [0.2, 0.25) is 0 Å². The lowest BCUT2D eigenvalue weighted by atomic mass is 10.2. The highest BCUT2D eigenvalue weighted by Gasteiger charge is 2.04. The van der Waals surface area contributed by atoms with Crippen LogP contribution >= 0.6 is 0 Å². The third kappa shape index (κ3) is 1.72. The molecule has 1 aromatic carbocycles. The van der Waals surface area contributed by atoms with Gasteiger partial charge in [-0.2, -0.15) is 0 Å². The van der Waals surface area contributed by atoms with E-state index in [4.69, 9.17) is 0 Å². The van der Waals surface area contributed by atoms with E-state index in [1.165, 1.54) is 11.1 Å². The van der Waals surface area contributed by atoms with Crippen molar-refractivity contribution in [1.29, 1.82) is 0 Å². The fraction of sp³-hybridized carbons (Fsp3) is 0.133. The fourth-order valence-corrected chi connectivity index (χ4v) is 1.98. The van der Waals surface area contributed by atoms with Crippen molar-refractivity contribution >= 4 is 5.65 Å². The minimum Gasteiger partial charge on any atom is -0.306 e. The number of rotatable bonds is 1. The number of imidazole rings is 1. The van der Waals surface area contributed by atoms with Crippen LogP contribution in [0.1, 0.15) is 11.1 Å². The van der Waals surface area contributed by atoms with E-state index in [1.807, 2.05) is 18.2 Å².